The average Bonchev–Trinajstić information content (AvgIpc) is 2.06. The number of hydrogen-bond acceptors (Lipinski definition) is 3. The molecule has 0 saturated heterocycles. The standard InChI is InChI=1S/C9H14N2O2S/c1-7-4-9(5-10-8(7)2)6-11-14(3,12)13/h4-5,11H,6H2,1-3H3. The fraction of sp³-hybridized carbons (Fsp3) is 0.444. The maximum atomic E-state index is 10.8. The highest BCUT2D eigenvalue weighted by Gasteiger charge is 2.02. The van der Waals surface area contributed by atoms with Gasteiger partial charge in [-0.05, 0) is 25.0 Å². The molecule has 0 spiro atoms. The van der Waals surface area contributed by atoms with E-state index in [9.17, 15) is 8.42 Å². The molecule has 0 amide bonds. The fourth-order valence-corrected chi connectivity index (χ4v) is 1.44. The van der Waals surface area contributed by atoms with Crippen LogP contribution in [0.15, 0.2) is 12.3 Å². The lowest BCUT2D eigenvalue weighted by atomic mass is 10.2. The van der Waals surface area contributed by atoms with Crippen molar-refractivity contribution in [3.8, 4) is 0 Å². The normalized spacial score (nSPS) is 11.6. The van der Waals surface area contributed by atoms with E-state index in [1.54, 1.807) is 6.20 Å². The van der Waals surface area contributed by atoms with E-state index in [0.717, 1.165) is 23.1 Å². The number of rotatable bonds is 3. The second-order valence-corrected chi connectivity index (χ2v) is 5.17. The second kappa shape index (κ2) is 4.06. The van der Waals surface area contributed by atoms with Crippen LogP contribution in [-0.2, 0) is 16.6 Å². The third kappa shape index (κ3) is 3.43. The van der Waals surface area contributed by atoms with Gasteiger partial charge in [0.15, 0.2) is 0 Å². The van der Waals surface area contributed by atoms with Crippen molar-refractivity contribution in [1.82, 2.24) is 9.71 Å². The molecule has 78 valence electrons. The van der Waals surface area contributed by atoms with E-state index >= 15 is 0 Å². The summed E-state index contributed by atoms with van der Waals surface area (Å²) in [6, 6.07) is 1.93. The topological polar surface area (TPSA) is 59.1 Å². The lowest BCUT2D eigenvalue weighted by molar-refractivity contribution is 0.587. The van der Waals surface area contributed by atoms with Gasteiger partial charge in [-0.3, -0.25) is 4.98 Å². The van der Waals surface area contributed by atoms with Gasteiger partial charge in [-0.2, -0.15) is 0 Å². The lowest BCUT2D eigenvalue weighted by Gasteiger charge is -2.04. The molecule has 5 heteroatoms. The first kappa shape index (κ1) is 11.1. The zero-order chi connectivity index (χ0) is 10.8. The molecular formula is C9H14N2O2S. The number of sulfonamides is 1. The maximum Gasteiger partial charge on any atom is 0.209 e. The van der Waals surface area contributed by atoms with Crippen LogP contribution < -0.4 is 4.72 Å². The minimum atomic E-state index is -3.12. The van der Waals surface area contributed by atoms with Gasteiger partial charge in [0.2, 0.25) is 10.0 Å². The van der Waals surface area contributed by atoms with E-state index in [4.69, 9.17) is 0 Å². The zero-order valence-corrected chi connectivity index (χ0v) is 9.35. The van der Waals surface area contributed by atoms with Crippen molar-refractivity contribution >= 4 is 10.0 Å². The number of aryl methyl sites for hydroxylation is 2. The summed E-state index contributed by atoms with van der Waals surface area (Å²) < 4.78 is 24.1. The quantitative estimate of drug-likeness (QED) is 0.807. The summed E-state index contributed by atoms with van der Waals surface area (Å²) >= 11 is 0. The Hall–Kier alpha value is -0.940. The van der Waals surface area contributed by atoms with Gasteiger partial charge in [-0.25, -0.2) is 13.1 Å². The number of nitrogens with one attached hydrogen (secondary N) is 1. The van der Waals surface area contributed by atoms with Gasteiger partial charge in [-0.15, -0.1) is 0 Å². The first-order chi connectivity index (χ1) is 6.38. The number of pyridine rings is 1. The molecule has 0 atom stereocenters. The molecule has 0 radical (unpaired) electrons. The van der Waals surface area contributed by atoms with Crippen LogP contribution >= 0.6 is 0 Å². The summed E-state index contributed by atoms with van der Waals surface area (Å²) in [6.45, 7) is 4.17. The summed E-state index contributed by atoms with van der Waals surface area (Å²) in [5.74, 6) is 0. The highest BCUT2D eigenvalue weighted by atomic mass is 32.2. The second-order valence-electron chi connectivity index (χ2n) is 3.34. The molecule has 4 nitrogen and oxygen atoms in total. The van der Waals surface area contributed by atoms with Crippen LogP contribution in [0.1, 0.15) is 16.8 Å². The highest BCUT2D eigenvalue weighted by Crippen LogP contribution is 2.06. The Bertz CT molecular complexity index is 426. The van der Waals surface area contributed by atoms with E-state index in [-0.39, 0.29) is 0 Å². The molecule has 0 saturated carbocycles. The van der Waals surface area contributed by atoms with Gasteiger partial charge < -0.3 is 0 Å². The fourth-order valence-electron chi connectivity index (χ4n) is 1.01. The van der Waals surface area contributed by atoms with Crippen LogP contribution in [-0.4, -0.2) is 19.7 Å². The van der Waals surface area contributed by atoms with Crippen molar-refractivity contribution in [3.63, 3.8) is 0 Å². The van der Waals surface area contributed by atoms with Crippen LogP contribution in [0, 0.1) is 13.8 Å². The monoisotopic (exact) mass is 214 g/mol. The molecule has 14 heavy (non-hydrogen) atoms. The van der Waals surface area contributed by atoms with Crippen molar-refractivity contribution in [2.45, 2.75) is 20.4 Å². The predicted octanol–water partition coefficient (Wildman–Crippen LogP) is 0.748. The van der Waals surface area contributed by atoms with Crippen molar-refractivity contribution in [2.75, 3.05) is 6.26 Å². The molecule has 1 aromatic heterocycles. The van der Waals surface area contributed by atoms with E-state index in [1.165, 1.54) is 0 Å². The maximum absolute atomic E-state index is 10.8. The first-order valence-corrected chi connectivity index (χ1v) is 6.14. The Kier molecular flexibility index (Phi) is 3.23. The zero-order valence-electron chi connectivity index (χ0n) is 8.53. The first-order valence-electron chi connectivity index (χ1n) is 4.25. The van der Waals surface area contributed by atoms with Crippen LogP contribution in [0.2, 0.25) is 0 Å². The summed E-state index contributed by atoms with van der Waals surface area (Å²) in [5.41, 5.74) is 2.91. The van der Waals surface area contributed by atoms with E-state index in [1.807, 2.05) is 19.9 Å². The summed E-state index contributed by atoms with van der Waals surface area (Å²) in [4.78, 5) is 4.14. The van der Waals surface area contributed by atoms with Crippen molar-refractivity contribution in [2.24, 2.45) is 0 Å². The van der Waals surface area contributed by atoms with Crippen LogP contribution in [0.4, 0.5) is 0 Å². The van der Waals surface area contributed by atoms with Gasteiger partial charge in [0.25, 0.3) is 0 Å². The number of nitrogens with zero attached hydrogens (tertiary/aromatic N) is 1. The number of aromatic nitrogens is 1. The Morgan fingerprint density at radius 2 is 2.07 bits per heavy atom. The molecule has 1 heterocycles. The third-order valence-corrected chi connectivity index (χ3v) is 2.60. The summed E-state index contributed by atoms with van der Waals surface area (Å²) in [5, 5.41) is 0. The average molecular weight is 214 g/mol. The molecule has 0 aliphatic rings. The minimum Gasteiger partial charge on any atom is -0.261 e. The minimum absolute atomic E-state index is 0.299. The van der Waals surface area contributed by atoms with Gasteiger partial charge in [-0.1, -0.05) is 6.07 Å². The summed E-state index contributed by atoms with van der Waals surface area (Å²) in [7, 11) is -3.12. The molecule has 0 fully saturated rings. The molecule has 0 aromatic carbocycles. The SMILES string of the molecule is Cc1cc(CNS(C)(=O)=O)cnc1C. The smallest absolute Gasteiger partial charge is 0.209 e. The molecule has 0 bridgehead atoms. The Morgan fingerprint density at radius 3 is 2.57 bits per heavy atom. The van der Waals surface area contributed by atoms with Crippen LogP contribution in [0.5, 0.6) is 0 Å². The molecular weight excluding hydrogens is 200 g/mol. The highest BCUT2D eigenvalue weighted by molar-refractivity contribution is 7.88. The predicted molar refractivity (Wildman–Crippen MR) is 55.4 cm³/mol. The molecule has 1 rings (SSSR count). The van der Waals surface area contributed by atoms with E-state index < -0.39 is 10.0 Å². The third-order valence-electron chi connectivity index (χ3n) is 1.94. The van der Waals surface area contributed by atoms with Gasteiger partial charge in [0.1, 0.15) is 0 Å². The molecule has 0 aliphatic carbocycles. The van der Waals surface area contributed by atoms with Crippen molar-refractivity contribution < 1.29 is 8.42 Å². The Balaban J connectivity index is 2.74. The molecule has 1 N–H and O–H groups in total. The lowest BCUT2D eigenvalue weighted by Crippen LogP contribution is -2.21. The van der Waals surface area contributed by atoms with Gasteiger partial charge >= 0.3 is 0 Å². The van der Waals surface area contributed by atoms with Gasteiger partial charge in [0.05, 0.1) is 6.26 Å². The molecule has 0 unspecified atom stereocenters. The van der Waals surface area contributed by atoms with Crippen molar-refractivity contribution in [3.05, 3.63) is 29.1 Å². The molecule has 0 aliphatic heterocycles. The Labute approximate surface area is 84.4 Å². The number of hydrogen-bond donors (Lipinski definition) is 1. The molecule has 1 aromatic rings. The van der Waals surface area contributed by atoms with Gasteiger partial charge in [0, 0.05) is 18.4 Å². The Morgan fingerprint density at radius 1 is 1.43 bits per heavy atom. The van der Waals surface area contributed by atoms with Crippen LogP contribution in [0.3, 0.4) is 0 Å². The summed E-state index contributed by atoms with van der Waals surface area (Å²) in [6.07, 6.45) is 2.82. The van der Waals surface area contributed by atoms with E-state index in [2.05, 4.69) is 9.71 Å². The largest absolute Gasteiger partial charge is 0.261 e. The van der Waals surface area contributed by atoms with Crippen molar-refractivity contribution in [1.29, 1.82) is 0 Å². The van der Waals surface area contributed by atoms with E-state index in [0.29, 0.717) is 6.54 Å². The van der Waals surface area contributed by atoms with Crippen LogP contribution in [0.25, 0.3) is 0 Å².